The topological polar surface area (TPSA) is 58.6 Å². The summed E-state index contributed by atoms with van der Waals surface area (Å²) in [5, 5.41) is 2.65. The van der Waals surface area contributed by atoms with Gasteiger partial charge in [-0.25, -0.2) is 4.79 Å². The van der Waals surface area contributed by atoms with E-state index >= 15 is 0 Å². The minimum Gasteiger partial charge on any atom is -0.445 e. The molecule has 2 aromatic rings. The van der Waals surface area contributed by atoms with Gasteiger partial charge < -0.3 is 15.0 Å². The number of nitrogens with one attached hydrogen (secondary N) is 1. The molecule has 0 spiro atoms. The standard InChI is InChI=1S/C25H32N2O3/c1-3-14-27-15-8-13-23(17-27)21-11-7-12-22(16-21)24(28)19(2)26-25(29)30-18-20-9-5-4-6-10-20/h4-7,9-12,16,19,23H,3,8,13-15,17-18H2,1-2H3,(H,26,29)/t19?,23-/m1/s1. The van der Waals surface area contributed by atoms with Gasteiger partial charge in [-0.3, -0.25) is 4.79 Å². The molecule has 0 bridgehead atoms. The number of ketones is 1. The van der Waals surface area contributed by atoms with Gasteiger partial charge in [0.05, 0.1) is 6.04 Å². The number of carbonyl (C=O) groups is 2. The van der Waals surface area contributed by atoms with Crippen molar-refractivity contribution >= 4 is 11.9 Å². The van der Waals surface area contributed by atoms with Crippen LogP contribution in [0, 0.1) is 0 Å². The summed E-state index contributed by atoms with van der Waals surface area (Å²) in [5.41, 5.74) is 2.75. The van der Waals surface area contributed by atoms with Crippen molar-refractivity contribution in [1.82, 2.24) is 10.2 Å². The molecule has 0 radical (unpaired) electrons. The quantitative estimate of drug-likeness (QED) is 0.639. The first-order valence-corrected chi connectivity index (χ1v) is 10.9. The zero-order valence-electron chi connectivity index (χ0n) is 18.0. The van der Waals surface area contributed by atoms with Crippen molar-refractivity contribution < 1.29 is 14.3 Å². The molecule has 1 amide bonds. The second-order valence-corrected chi connectivity index (χ2v) is 8.06. The summed E-state index contributed by atoms with van der Waals surface area (Å²) in [6, 6.07) is 16.7. The maximum absolute atomic E-state index is 12.9. The van der Waals surface area contributed by atoms with Gasteiger partial charge >= 0.3 is 6.09 Å². The number of hydrogen-bond donors (Lipinski definition) is 1. The van der Waals surface area contributed by atoms with Gasteiger partial charge in [0, 0.05) is 12.1 Å². The average molecular weight is 409 g/mol. The van der Waals surface area contributed by atoms with Crippen LogP contribution >= 0.6 is 0 Å². The van der Waals surface area contributed by atoms with Crippen LogP contribution in [-0.2, 0) is 11.3 Å². The first kappa shape index (κ1) is 22.0. The number of amides is 1. The molecule has 2 atom stereocenters. The van der Waals surface area contributed by atoms with E-state index in [-0.39, 0.29) is 12.4 Å². The highest BCUT2D eigenvalue weighted by atomic mass is 16.5. The summed E-state index contributed by atoms with van der Waals surface area (Å²) < 4.78 is 5.23. The van der Waals surface area contributed by atoms with Crippen LogP contribution < -0.4 is 5.32 Å². The van der Waals surface area contributed by atoms with Gasteiger partial charge in [-0.15, -0.1) is 0 Å². The molecule has 5 nitrogen and oxygen atoms in total. The van der Waals surface area contributed by atoms with E-state index in [1.54, 1.807) is 6.92 Å². The van der Waals surface area contributed by atoms with E-state index in [0.29, 0.717) is 11.5 Å². The third-order valence-electron chi connectivity index (χ3n) is 5.63. The molecule has 1 aliphatic heterocycles. The lowest BCUT2D eigenvalue weighted by Gasteiger charge is -2.33. The molecule has 1 aliphatic rings. The summed E-state index contributed by atoms with van der Waals surface area (Å²) >= 11 is 0. The Balaban J connectivity index is 1.56. The Kier molecular flexibility index (Phi) is 8.03. The normalized spacial score (nSPS) is 17.9. The number of Topliss-reactive ketones (excluding diaryl/α,β-unsaturated/α-hetero) is 1. The van der Waals surface area contributed by atoms with Crippen LogP contribution in [0.15, 0.2) is 54.6 Å². The first-order chi connectivity index (χ1) is 14.6. The number of rotatable bonds is 8. The fourth-order valence-electron chi connectivity index (χ4n) is 4.05. The van der Waals surface area contributed by atoms with Crippen LogP contribution in [0.2, 0.25) is 0 Å². The summed E-state index contributed by atoms with van der Waals surface area (Å²) in [7, 11) is 0. The fraction of sp³-hybridized carbons (Fsp3) is 0.440. The Bertz CT molecular complexity index is 835. The van der Waals surface area contributed by atoms with Gasteiger partial charge in [-0.05, 0) is 62.4 Å². The van der Waals surface area contributed by atoms with E-state index in [1.807, 2.05) is 48.5 Å². The van der Waals surface area contributed by atoms with E-state index in [4.69, 9.17) is 4.74 Å². The van der Waals surface area contributed by atoms with E-state index in [2.05, 4.69) is 23.2 Å². The predicted octanol–water partition coefficient (Wildman–Crippen LogP) is 4.77. The highest BCUT2D eigenvalue weighted by Crippen LogP contribution is 2.27. The largest absolute Gasteiger partial charge is 0.445 e. The Morgan fingerprint density at radius 1 is 1.17 bits per heavy atom. The molecule has 30 heavy (non-hydrogen) atoms. The number of carbonyl (C=O) groups excluding carboxylic acids is 2. The third-order valence-corrected chi connectivity index (χ3v) is 5.63. The molecule has 1 N–H and O–H groups in total. The number of alkyl carbamates (subject to hydrolysis) is 1. The maximum Gasteiger partial charge on any atom is 0.408 e. The van der Waals surface area contributed by atoms with Crippen LogP contribution in [0.5, 0.6) is 0 Å². The van der Waals surface area contributed by atoms with Gasteiger partial charge in [-0.1, -0.05) is 55.5 Å². The van der Waals surface area contributed by atoms with Crippen LogP contribution in [0.4, 0.5) is 4.79 Å². The average Bonchev–Trinajstić information content (AvgIpc) is 2.78. The van der Waals surface area contributed by atoms with Gasteiger partial charge in [0.25, 0.3) is 0 Å². The van der Waals surface area contributed by atoms with Crippen LogP contribution in [0.3, 0.4) is 0 Å². The predicted molar refractivity (Wildman–Crippen MR) is 119 cm³/mol. The molecule has 3 rings (SSSR count). The molecule has 160 valence electrons. The Labute approximate surface area is 179 Å². The summed E-state index contributed by atoms with van der Waals surface area (Å²) in [6.45, 7) is 7.42. The number of likely N-dealkylation sites (tertiary alicyclic amines) is 1. The maximum atomic E-state index is 12.9. The van der Waals surface area contributed by atoms with Gasteiger partial charge in [-0.2, -0.15) is 0 Å². The number of piperidine rings is 1. The summed E-state index contributed by atoms with van der Waals surface area (Å²) in [6.07, 6.45) is 2.92. The van der Waals surface area contributed by atoms with Crippen molar-refractivity contribution in [1.29, 1.82) is 0 Å². The van der Waals surface area contributed by atoms with Crippen molar-refractivity contribution in [2.75, 3.05) is 19.6 Å². The number of hydrogen-bond acceptors (Lipinski definition) is 4. The lowest BCUT2D eigenvalue weighted by atomic mass is 9.88. The summed E-state index contributed by atoms with van der Waals surface area (Å²) in [4.78, 5) is 27.5. The van der Waals surface area contributed by atoms with Gasteiger partial charge in [0.1, 0.15) is 6.61 Å². The molecule has 0 aromatic heterocycles. The summed E-state index contributed by atoms with van der Waals surface area (Å²) in [5.74, 6) is 0.354. The second-order valence-electron chi connectivity index (χ2n) is 8.06. The van der Waals surface area contributed by atoms with E-state index in [9.17, 15) is 9.59 Å². The number of ether oxygens (including phenoxy) is 1. The van der Waals surface area contributed by atoms with E-state index in [0.717, 1.165) is 38.0 Å². The van der Waals surface area contributed by atoms with Crippen molar-refractivity contribution in [3.05, 3.63) is 71.3 Å². The molecule has 1 saturated heterocycles. The van der Waals surface area contributed by atoms with Gasteiger partial charge in [0.15, 0.2) is 5.78 Å². The van der Waals surface area contributed by atoms with Crippen molar-refractivity contribution in [3.63, 3.8) is 0 Å². The van der Waals surface area contributed by atoms with Crippen LogP contribution in [0.25, 0.3) is 0 Å². The zero-order chi connectivity index (χ0) is 21.3. The molecule has 2 aromatic carbocycles. The van der Waals surface area contributed by atoms with Crippen LogP contribution in [-0.4, -0.2) is 42.5 Å². The van der Waals surface area contributed by atoms with E-state index < -0.39 is 12.1 Å². The molecular weight excluding hydrogens is 376 g/mol. The van der Waals surface area contributed by atoms with Crippen molar-refractivity contribution in [2.24, 2.45) is 0 Å². The Morgan fingerprint density at radius 2 is 1.97 bits per heavy atom. The molecule has 1 fully saturated rings. The smallest absolute Gasteiger partial charge is 0.408 e. The van der Waals surface area contributed by atoms with Gasteiger partial charge in [0.2, 0.25) is 0 Å². The third kappa shape index (κ3) is 6.17. The molecular formula is C25H32N2O3. The molecule has 0 aliphatic carbocycles. The van der Waals surface area contributed by atoms with Crippen molar-refractivity contribution in [3.8, 4) is 0 Å². The monoisotopic (exact) mass is 408 g/mol. The van der Waals surface area contributed by atoms with Crippen molar-refractivity contribution in [2.45, 2.75) is 51.7 Å². The minimum atomic E-state index is -0.647. The zero-order valence-corrected chi connectivity index (χ0v) is 18.0. The molecule has 5 heteroatoms. The lowest BCUT2D eigenvalue weighted by molar-refractivity contribution is 0.0926. The SMILES string of the molecule is CCCN1CCC[C@@H](c2cccc(C(=O)C(C)NC(=O)OCc3ccccc3)c2)C1. The number of nitrogens with zero attached hydrogens (tertiary/aromatic N) is 1. The molecule has 1 heterocycles. The molecule has 0 saturated carbocycles. The Morgan fingerprint density at radius 3 is 2.73 bits per heavy atom. The number of benzene rings is 2. The fourth-order valence-corrected chi connectivity index (χ4v) is 4.05. The molecule has 1 unspecified atom stereocenters. The van der Waals surface area contributed by atoms with Crippen LogP contribution in [0.1, 0.15) is 60.5 Å². The highest BCUT2D eigenvalue weighted by Gasteiger charge is 2.23. The lowest BCUT2D eigenvalue weighted by Crippen LogP contribution is -2.39. The van der Waals surface area contributed by atoms with E-state index in [1.165, 1.54) is 12.0 Å². The first-order valence-electron chi connectivity index (χ1n) is 10.9. The Hall–Kier alpha value is -2.66. The minimum absolute atomic E-state index is 0.102. The second kappa shape index (κ2) is 10.9. The highest BCUT2D eigenvalue weighted by molar-refractivity contribution is 6.01.